The van der Waals surface area contributed by atoms with E-state index in [-0.39, 0.29) is 5.54 Å². The molecular weight excluding hydrogens is 130 g/mol. The van der Waals surface area contributed by atoms with E-state index < -0.39 is 0 Å². The summed E-state index contributed by atoms with van der Waals surface area (Å²) in [5.74, 6) is 0. The van der Waals surface area contributed by atoms with Crippen molar-refractivity contribution < 1.29 is 0 Å². The molecule has 1 aliphatic rings. The Hall–Kier alpha value is 0.0500. The molecule has 52 valence electrons. The highest BCUT2D eigenvalue weighted by molar-refractivity contribution is 7.79. The molecule has 0 aromatic carbocycles. The van der Waals surface area contributed by atoms with Gasteiger partial charge in [0.1, 0.15) is 0 Å². The smallest absolute Gasteiger partial charge is 0.0443 e. The Morgan fingerprint density at radius 2 is 1.78 bits per heavy atom. The Morgan fingerprint density at radius 3 is 2.11 bits per heavy atom. The van der Waals surface area contributed by atoms with Crippen LogP contribution in [-0.4, -0.2) is 10.9 Å². The molecule has 0 saturated heterocycles. The number of thiocarbonyl (C=S) groups is 1. The second kappa shape index (κ2) is 2.76. The maximum Gasteiger partial charge on any atom is 0.0443 e. The predicted molar refractivity (Wildman–Crippen MR) is 43.7 cm³/mol. The molecule has 0 unspecified atom stereocenters. The van der Waals surface area contributed by atoms with Gasteiger partial charge in [0.25, 0.3) is 0 Å². The molecule has 0 radical (unpaired) electrons. The van der Waals surface area contributed by atoms with Crippen molar-refractivity contribution in [2.45, 2.75) is 37.6 Å². The molecule has 9 heavy (non-hydrogen) atoms. The molecule has 0 aliphatic heterocycles. The second-order valence-electron chi connectivity index (χ2n) is 2.91. The SMILES string of the molecule is NC1(C=S)CCCCC1. The molecule has 0 aromatic heterocycles. The first-order valence-electron chi connectivity index (χ1n) is 3.52. The third-order valence-electron chi connectivity index (χ3n) is 2.02. The average Bonchev–Trinajstić information content (AvgIpc) is 1.90. The normalized spacial score (nSPS) is 25.4. The van der Waals surface area contributed by atoms with Gasteiger partial charge in [-0.25, -0.2) is 0 Å². The molecule has 0 bridgehead atoms. The molecule has 0 aromatic rings. The van der Waals surface area contributed by atoms with Gasteiger partial charge in [0.15, 0.2) is 0 Å². The second-order valence-corrected chi connectivity index (χ2v) is 3.15. The van der Waals surface area contributed by atoms with Crippen LogP contribution >= 0.6 is 12.2 Å². The maximum atomic E-state index is 5.90. The van der Waals surface area contributed by atoms with E-state index in [0.717, 1.165) is 12.8 Å². The van der Waals surface area contributed by atoms with Gasteiger partial charge in [-0.3, -0.25) is 0 Å². The van der Waals surface area contributed by atoms with E-state index in [4.69, 9.17) is 18.0 Å². The van der Waals surface area contributed by atoms with Gasteiger partial charge < -0.3 is 5.73 Å². The summed E-state index contributed by atoms with van der Waals surface area (Å²) in [5.41, 5.74) is 5.81. The van der Waals surface area contributed by atoms with Gasteiger partial charge in [-0.05, 0) is 18.2 Å². The van der Waals surface area contributed by atoms with Crippen LogP contribution in [0.15, 0.2) is 0 Å². The summed E-state index contributed by atoms with van der Waals surface area (Å²) in [5, 5.41) is 1.74. The first-order chi connectivity index (χ1) is 4.27. The molecule has 1 nitrogen and oxygen atoms in total. The van der Waals surface area contributed by atoms with Gasteiger partial charge >= 0.3 is 0 Å². The fourth-order valence-corrected chi connectivity index (χ4v) is 1.56. The fourth-order valence-electron chi connectivity index (χ4n) is 1.33. The number of nitrogens with two attached hydrogens (primary N) is 1. The summed E-state index contributed by atoms with van der Waals surface area (Å²) < 4.78 is 0. The van der Waals surface area contributed by atoms with E-state index in [1.807, 2.05) is 0 Å². The van der Waals surface area contributed by atoms with Gasteiger partial charge in [0.05, 0.1) is 0 Å². The van der Waals surface area contributed by atoms with Crippen LogP contribution in [0.2, 0.25) is 0 Å². The highest BCUT2D eigenvalue weighted by Crippen LogP contribution is 2.23. The molecule has 1 rings (SSSR count). The molecule has 0 amide bonds. The lowest BCUT2D eigenvalue weighted by molar-refractivity contribution is 0.390. The van der Waals surface area contributed by atoms with E-state index in [1.54, 1.807) is 5.37 Å². The van der Waals surface area contributed by atoms with E-state index in [2.05, 4.69) is 0 Å². The molecule has 0 atom stereocenters. The van der Waals surface area contributed by atoms with E-state index in [0.29, 0.717) is 0 Å². The minimum atomic E-state index is -0.0897. The summed E-state index contributed by atoms with van der Waals surface area (Å²) in [7, 11) is 0. The molecule has 1 saturated carbocycles. The van der Waals surface area contributed by atoms with Gasteiger partial charge in [0, 0.05) is 5.54 Å². The summed E-state index contributed by atoms with van der Waals surface area (Å²) >= 11 is 4.84. The quantitative estimate of drug-likeness (QED) is 0.565. The Kier molecular flexibility index (Phi) is 2.19. The van der Waals surface area contributed by atoms with Crippen molar-refractivity contribution in [2.24, 2.45) is 5.73 Å². The third kappa shape index (κ3) is 1.73. The minimum absolute atomic E-state index is 0.0897. The zero-order valence-electron chi connectivity index (χ0n) is 5.60. The number of hydrogen-bond donors (Lipinski definition) is 1. The van der Waals surface area contributed by atoms with Crippen LogP contribution in [0, 0.1) is 0 Å². The van der Waals surface area contributed by atoms with Crippen molar-refractivity contribution in [3.63, 3.8) is 0 Å². The largest absolute Gasteiger partial charge is 0.321 e. The lowest BCUT2D eigenvalue weighted by Gasteiger charge is -2.28. The average molecular weight is 143 g/mol. The first-order valence-corrected chi connectivity index (χ1v) is 3.99. The van der Waals surface area contributed by atoms with Crippen molar-refractivity contribution in [3.8, 4) is 0 Å². The van der Waals surface area contributed by atoms with E-state index >= 15 is 0 Å². The summed E-state index contributed by atoms with van der Waals surface area (Å²) in [4.78, 5) is 0. The molecule has 1 aliphatic carbocycles. The first kappa shape index (κ1) is 7.16. The van der Waals surface area contributed by atoms with Crippen LogP contribution in [-0.2, 0) is 0 Å². The van der Waals surface area contributed by atoms with Gasteiger partial charge in [-0.2, -0.15) is 0 Å². The van der Waals surface area contributed by atoms with Gasteiger partial charge in [-0.1, -0.05) is 31.5 Å². The predicted octanol–water partition coefficient (Wildman–Crippen LogP) is 1.65. The van der Waals surface area contributed by atoms with Crippen LogP contribution in [0.1, 0.15) is 32.1 Å². The zero-order chi connectivity index (χ0) is 6.74. The molecule has 0 spiro atoms. The number of rotatable bonds is 1. The molecule has 2 N–H and O–H groups in total. The lowest BCUT2D eigenvalue weighted by Crippen LogP contribution is -2.42. The number of hydrogen-bond acceptors (Lipinski definition) is 2. The summed E-state index contributed by atoms with van der Waals surface area (Å²) in [6, 6.07) is 0. The van der Waals surface area contributed by atoms with E-state index in [9.17, 15) is 0 Å². The highest BCUT2D eigenvalue weighted by Gasteiger charge is 2.23. The van der Waals surface area contributed by atoms with Gasteiger partial charge in [0.2, 0.25) is 0 Å². The fraction of sp³-hybridized carbons (Fsp3) is 0.857. The lowest BCUT2D eigenvalue weighted by atomic mass is 9.84. The third-order valence-corrected chi connectivity index (χ3v) is 2.49. The maximum absolute atomic E-state index is 5.90. The van der Waals surface area contributed by atoms with Crippen LogP contribution in [0.4, 0.5) is 0 Å². The van der Waals surface area contributed by atoms with Crippen molar-refractivity contribution in [1.29, 1.82) is 0 Å². The Balaban J connectivity index is 2.46. The van der Waals surface area contributed by atoms with Crippen LogP contribution in [0.5, 0.6) is 0 Å². The van der Waals surface area contributed by atoms with Gasteiger partial charge in [-0.15, -0.1) is 0 Å². The monoisotopic (exact) mass is 143 g/mol. The molecule has 2 heteroatoms. The Bertz CT molecular complexity index is 105. The summed E-state index contributed by atoms with van der Waals surface area (Å²) in [6.45, 7) is 0. The standard InChI is InChI=1S/C7H13NS/c8-7(6-9)4-2-1-3-5-7/h6H,1-5,8H2. The van der Waals surface area contributed by atoms with Crippen molar-refractivity contribution in [3.05, 3.63) is 0 Å². The van der Waals surface area contributed by atoms with Crippen LogP contribution < -0.4 is 5.73 Å². The molecule has 0 heterocycles. The van der Waals surface area contributed by atoms with E-state index in [1.165, 1.54) is 19.3 Å². The Morgan fingerprint density at radius 1 is 1.22 bits per heavy atom. The highest BCUT2D eigenvalue weighted by atomic mass is 32.1. The van der Waals surface area contributed by atoms with Crippen molar-refractivity contribution >= 4 is 17.6 Å². The minimum Gasteiger partial charge on any atom is -0.321 e. The van der Waals surface area contributed by atoms with Crippen molar-refractivity contribution in [2.75, 3.05) is 0 Å². The summed E-state index contributed by atoms with van der Waals surface area (Å²) in [6.07, 6.45) is 6.03. The topological polar surface area (TPSA) is 26.0 Å². The zero-order valence-corrected chi connectivity index (χ0v) is 6.41. The van der Waals surface area contributed by atoms with Crippen LogP contribution in [0.3, 0.4) is 0 Å². The molecule has 1 fully saturated rings. The Labute approximate surface area is 61.6 Å². The molecular formula is C7H13NS. The van der Waals surface area contributed by atoms with Crippen LogP contribution in [0.25, 0.3) is 0 Å². The van der Waals surface area contributed by atoms with Crippen molar-refractivity contribution in [1.82, 2.24) is 0 Å².